The van der Waals surface area contributed by atoms with Gasteiger partial charge >= 0.3 is 5.69 Å². The lowest BCUT2D eigenvalue weighted by molar-refractivity contribution is -0.385. The van der Waals surface area contributed by atoms with Crippen LogP contribution >= 0.6 is 15.9 Å². The molecule has 126 valence electrons. The number of anilines is 1. The van der Waals surface area contributed by atoms with Crippen molar-refractivity contribution in [2.45, 2.75) is 20.8 Å². The summed E-state index contributed by atoms with van der Waals surface area (Å²) in [5.41, 5.74) is 2.46. The first-order valence-corrected chi connectivity index (χ1v) is 8.12. The van der Waals surface area contributed by atoms with Crippen molar-refractivity contribution in [1.29, 1.82) is 0 Å². The molecule has 0 aliphatic carbocycles. The van der Waals surface area contributed by atoms with Crippen LogP contribution in [0.4, 0.5) is 11.4 Å². The number of carbonyl (C=O) groups excluding carboxylic acids is 1. The third-order valence-electron chi connectivity index (χ3n) is 3.45. The van der Waals surface area contributed by atoms with Crippen LogP contribution in [0.2, 0.25) is 0 Å². The fourth-order valence-electron chi connectivity index (χ4n) is 2.37. The van der Waals surface area contributed by atoms with Gasteiger partial charge in [-0.2, -0.15) is 0 Å². The van der Waals surface area contributed by atoms with E-state index in [-0.39, 0.29) is 17.0 Å². The number of benzene rings is 2. The molecule has 0 bridgehead atoms. The number of nitrogens with one attached hydrogen (secondary N) is 1. The van der Waals surface area contributed by atoms with Gasteiger partial charge in [-0.1, -0.05) is 15.9 Å². The standard InChI is InChI=1S/C17H17BrN2O4/c1-4-24-15-6-5-12(9-14(15)20(22)23)17(21)19-16-10(2)7-13(18)8-11(16)3/h5-9H,4H2,1-3H3,(H,19,21). The van der Waals surface area contributed by atoms with Gasteiger partial charge in [0.1, 0.15) is 0 Å². The third kappa shape index (κ3) is 3.91. The monoisotopic (exact) mass is 392 g/mol. The molecule has 0 heterocycles. The zero-order valence-electron chi connectivity index (χ0n) is 13.6. The van der Waals surface area contributed by atoms with Crippen LogP contribution < -0.4 is 10.1 Å². The van der Waals surface area contributed by atoms with Crippen LogP contribution in [-0.2, 0) is 0 Å². The maximum absolute atomic E-state index is 12.5. The highest BCUT2D eigenvalue weighted by molar-refractivity contribution is 9.10. The van der Waals surface area contributed by atoms with E-state index in [9.17, 15) is 14.9 Å². The van der Waals surface area contributed by atoms with Gasteiger partial charge in [0.25, 0.3) is 5.91 Å². The van der Waals surface area contributed by atoms with Crippen LogP contribution in [-0.4, -0.2) is 17.4 Å². The molecule has 2 rings (SSSR count). The second kappa shape index (κ2) is 7.44. The highest BCUT2D eigenvalue weighted by Crippen LogP contribution is 2.29. The van der Waals surface area contributed by atoms with Gasteiger partial charge in [0.05, 0.1) is 11.5 Å². The highest BCUT2D eigenvalue weighted by Gasteiger charge is 2.19. The Hall–Kier alpha value is -2.41. The van der Waals surface area contributed by atoms with Crippen molar-refractivity contribution < 1.29 is 14.5 Å². The Morgan fingerprint density at radius 2 is 1.88 bits per heavy atom. The summed E-state index contributed by atoms with van der Waals surface area (Å²) in [6.07, 6.45) is 0. The second-order valence-electron chi connectivity index (χ2n) is 5.24. The minimum absolute atomic E-state index is 0.148. The Morgan fingerprint density at radius 3 is 2.42 bits per heavy atom. The number of ether oxygens (including phenoxy) is 1. The molecule has 0 radical (unpaired) electrons. The van der Waals surface area contributed by atoms with E-state index in [0.717, 1.165) is 15.6 Å². The lowest BCUT2D eigenvalue weighted by atomic mass is 10.1. The minimum atomic E-state index is -0.558. The van der Waals surface area contributed by atoms with Crippen LogP contribution in [0.25, 0.3) is 0 Å². The second-order valence-corrected chi connectivity index (χ2v) is 6.16. The SMILES string of the molecule is CCOc1ccc(C(=O)Nc2c(C)cc(Br)cc2C)cc1[N+](=O)[O-]. The molecule has 0 fully saturated rings. The average molecular weight is 393 g/mol. The molecule has 24 heavy (non-hydrogen) atoms. The highest BCUT2D eigenvalue weighted by atomic mass is 79.9. The summed E-state index contributed by atoms with van der Waals surface area (Å²) in [6, 6.07) is 7.96. The summed E-state index contributed by atoms with van der Waals surface area (Å²) >= 11 is 3.40. The van der Waals surface area contributed by atoms with Crippen molar-refractivity contribution in [3.63, 3.8) is 0 Å². The molecule has 0 spiro atoms. The van der Waals surface area contributed by atoms with E-state index in [1.165, 1.54) is 18.2 Å². The number of nitro benzene ring substituents is 1. The zero-order valence-corrected chi connectivity index (χ0v) is 15.1. The van der Waals surface area contributed by atoms with Crippen molar-refractivity contribution in [1.82, 2.24) is 0 Å². The van der Waals surface area contributed by atoms with Crippen LogP contribution in [0.3, 0.4) is 0 Å². The van der Waals surface area contributed by atoms with Gasteiger partial charge in [-0.25, -0.2) is 0 Å². The van der Waals surface area contributed by atoms with Gasteiger partial charge < -0.3 is 10.1 Å². The summed E-state index contributed by atoms with van der Waals surface area (Å²) in [5.74, 6) is -0.260. The van der Waals surface area contributed by atoms with Crippen molar-refractivity contribution in [2.24, 2.45) is 0 Å². The minimum Gasteiger partial charge on any atom is -0.487 e. The molecule has 0 saturated heterocycles. The topological polar surface area (TPSA) is 81.5 Å². The van der Waals surface area contributed by atoms with Gasteiger partial charge in [0, 0.05) is 21.8 Å². The number of hydrogen-bond acceptors (Lipinski definition) is 4. The molecule has 0 atom stereocenters. The molecule has 7 heteroatoms. The summed E-state index contributed by atoms with van der Waals surface area (Å²) in [5, 5.41) is 14.0. The van der Waals surface area contributed by atoms with Gasteiger partial charge in [-0.3, -0.25) is 14.9 Å². The molecule has 0 aliphatic rings. The van der Waals surface area contributed by atoms with Crippen molar-refractivity contribution in [2.75, 3.05) is 11.9 Å². The fourth-order valence-corrected chi connectivity index (χ4v) is 3.06. The smallest absolute Gasteiger partial charge is 0.311 e. The normalized spacial score (nSPS) is 10.3. The molecule has 2 aromatic rings. The maximum Gasteiger partial charge on any atom is 0.311 e. The van der Waals surface area contributed by atoms with E-state index >= 15 is 0 Å². The van der Waals surface area contributed by atoms with Gasteiger partial charge in [-0.15, -0.1) is 0 Å². The molecule has 0 saturated carbocycles. The third-order valence-corrected chi connectivity index (χ3v) is 3.91. The van der Waals surface area contributed by atoms with Gasteiger partial charge in [0.15, 0.2) is 5.75 Å². The predicted octanol–water partition coefficient (Wildman–Crippen LogP) is 4.63. The van der Waals surface area contributed by atoms with Crippen molar-refractivity contribution >= 4 is 33.2 Å². The number of halogens is 1. The van der Waals surface area contributed by atoms with Crippen LogP contribution in [0.1, 0.15) is 28.4 Å². The zero-order chi connectivity index (χ0) is 17.9. The lowest BCUT2D eigenvalue weighted by Gasteiger charge is -2.13. The first kappa shape index (κ1) is 17.9. The summed E-state index contributed by atoms with van der Waals surface area (Å²) in [4.78, 5) is 23.1. The summed E-state index contributed by atoms with van der Waals surface area (Å²) in [6.45, 7) is 5.81. The van der Waals surface area contributed by atoms with Gasteiger partial charge in [-0.05, 0) is 56.2 Å². The molecular weight excluding hydrogens is 376 g/mol. The first-order chi connectivity index (χ1) is 11.3. The molecule has 6 nitrogen and oxygen atoms in total. The Bertz CT molecular complexity index is 782. The number of aryl methyl sites for hydroxylation is 2. The van der Waals surface area contributed by atoms with E-state index in [0.29, 0.717) is 12.3 Å². The number of amides is 1. The van der Waals surface area contributed by atoms with Crippen LogP contribution in [0, 0.1) is 24.0 Å². The Morgan fingerprint density at radius 1 is 1.25 bits per heavy atom. The molecule has 0 unspecified atom stereocenters. The molecule has 1 N–H and O–H groups in total. The Labute approximate surface area is 148 Å². The average Bonchev–Trinajstić information content (AvgIpc) is 2.51. The molecule has 0 aliphatic heterocycles. The fraction of sp³-hybridized carbons (Fsp3) is 0.235. The summed E-state index contributed by atoms with van der Waals surface area (Å²) < 4.78 is 6.15. The van der Waals surface area contributed by atoms with E-state index in [1.54, 1.807) is 6.92 Å². The van der Waals surface area contributed by atoms with E-state index in [1.807, 2.05) is 26.0 Å². The number of nitrogens with zero attached hydrogens (tertiary/aromatic N) is 1. The number of carbonyl (C=O) groups is 1. The molecular formula is C17H17BrN2O4. The van der Waals surface area contributed by atoms with Gasteiger partial charge in [0.2, 0.25) is 0 Å². The predicted molar refractivity (Wildman–Crippen MR) is 95.8 cm³/mol. The summed E-state index contributed by atoms with van der Waals surface area (Å²) in [7, 11) is 0. The van der Waals surface area contributed by atoms with E-state index in [4.69, 9.17) is 4.74 Å². The van der Waals surface area contributed by atoms with Crippen molar-refractivity contribution in [3.05, 3.63) is 61.6 Å². The number of nitro groups is 1. The number of rotatable bonds is 5. The van der Waals surface area contributed by atoms with E-state index in [2.05, 4.69) is 21.2 Å². The first-order valence-electron chi connectivity index (χ1n) is 7.32. The Kier molecular flexibility index (Phi) is 5.56. The van der Waals surface area contributed by atoms with Crippen LogP contribution in [0.15, 0.2) is 34.8 Å². The maximum atomic E-state index is 12.5. The van der Waals surface area contributed by atoms with E-state index < -0.39 is 10.8 Å². The lowest BCUT2D eigenvalue weighted by Crippen LogP contribution is -2.14. The number of hydrogen-bond donors (Lipinski definition) is 1. The quantitative estimate of drug-likeness (QED) is 0.594. The molecule has 1 amide bonds. The molecule has 0 aromatic heterocycles. The Balaban J connectivity index is 2.34. The molecule has 2 aromatic carbocycles. The largest absolute Gasteiger partial charge is 0.487 e. The van der Waals surface area contributed by atoms with Crippen LogP contribution in [0.5, 0.6) is 5.75 Å². The van der Waals surface area contributed by atoms with Crippen molar-refractivity contribution in [3.8, 4) is 5.75 Å².